The Bertz CT molecular complexity index is 250. The number of nitrogens with two attached hydrogens (primary N) is 1. The van der Waals surface area contributed by atoms with E-state index in [2.05, 4.69) is 9.47 Å². The van der Waals surface area contributed by atoms with E-state index in [0.717, 1.165) is 0 Å². The van der Waals surface area contributed by atoms with Crippen LogP contribution in [0.25, 0.3) is 0 Å². The van der Waals surface area contributed by atoms with Crippen LogP contribution in [-0.4, -0.2) is 37.1 Å². The van der Waals surface area contributed by atoms with Crippen LogP contribution in [0.1, 0.15) is 13.8 Å². The average Bonchev–Trinajstić information content (AvgIpc) is 2.17. The molecule has 5 nitrogen and oxygen atoms in total. The summed E-state index contributed by atoms with van der Waals surface area (Å²) in [5, 5.41) is 0. The molecule has 0 amide bonds. The van der Waals surface area contributed by atoms with Gasteiger partial charge < -0.3 is 15.2 Å². The molecule has 0 radical (unpaired) electrons. The number of carbonyl (C=O) groups is 2. The van der Waals surface area contributed by atoms with E-state index < -0.39 is 23.9 Å². The first-order chi connectivity index (χ1) is 6.87. The molecule has 0 aromatic rings. The molecule has 96 valence electrons. The largest absolute Gasteiger partial charge is 0.465 e. The Balaban J connectivity index is 0. The highest BCUT2D eigenvalue weighted by Gasteiger charge is 2.51. The van der Waals surface area contributed by atoms with Crippen molar-refractivity contribution in [3.8, 4) is 0 Å². The van der Waals surface area contributed by atoms with E-state index in [-0.39, 0.29) is 25.6 Å². The number of hydrogen-bond donors (Lipinski definition) is 1. The smallest absolute Gasteiger partial charge is 0.379 e. The quantitative estimate of drug-likeness (QED) is 0.729. The molecule has 0 aromatic carbocycles. The molecule has 16 heavy (non-hydrogen) atoms. The molecule has 0 spiro atoms. The molecule has 0 aromatic heterocycles. The summed E-state index contributed by atoms with van der Waals surface area (Å²) < 4.78 is 34.5. The van der Waals surface area contributed by atoms with Gasteiger partial charge in [-0.05, 0) is 13.8 Å². The fourth-order valence-electron chi connectivity index (χ4n) is 0.734. The summed E-state index contributed by atoms with van der Waals surface area (Å²) in [6.07, 6.45) is 0. The second-order valence-corrected chi connectivity index (χ2v) is 2.57. The van der Waals surface area contributed by atoms with Crippen molar-refractivity contribution in [1.29, 1.82) is 0 Å². The maximum atomic E-state index is 13.1. The van der Waals surface area contributed by atoms with Gasteiger partial charge in [-0.2, -0.15) is 8.78 Å². The third-order valence-electron chi connectivity index (χ3n) is 1.48. The average molecular weight is 262 g/mol. The minimum atomic E-state index is -4.07. The minimum Gasteiger partial charge on any atom is -0.465 e. The lowest BCUT2D eigenvalue weighted by Gasteiger charge is -2.19. The molecule has 0 heterocycles. The van der Waals surface area contributed by atoms with Crippen molar-refractivity contribution in [1.82, 2.24) is 0 Å². The van der Waals surface area contributed by atoms with Gasteiger partial charge in [0.1, 0.15) is 0 Å². The molecular weight excluding hydrogens is 248 g/mol. The Morgan fingerprint density at radius 2 is 1.69 bits per heavy atom. The molecule has 0 fully saturated rings. The normalized spacial score (nSPS) is 12.3. The van der Waals surface area contributed by atoms with Gasteiger partial charge in [-0.3, -0.25) is 4.79 Å². The fraction of sp³-hybridized carbons (Fsp3) is 0.750. The van der Waals surface area contributed by atoms with E-state index in [1.807, 2.05) is 0 Å². The molecule has 0 aliphatic heterocycles. The van der Waals surface area contributed by atoms with Crippen LogP contribution in [0.4, 0.5) is 8.78 Å². The summed E-state index contributed by atoms with van der Waals surface area (Å²) in [7, 11) is 0. The second kappa shape index (κ2) is 7.34. The third kappa shape index (κ3) is 4.28. The Morgan fingerprint density at radius 3 is 2.06 bits per heavy atom. The van der Waals surface area contributed by atoms with Crippen molar-refractivity contribution < 1.29 is 27.8 Å². The lowest BCUT2D eigenvalue weighted by atomic mass is 10.1. The van der Waals surface area contributed by atoms with Crippen LogP contribution in [0, 0.1) is 0 Å². The minimum absolute atomic E-state index is 0. The van der Waals surface area contributed by atoms with E-state index in [1.54, 1.807) is 0 Å². The van der Waals surface area contributed by atoms with Gasteiger partial charge in [-0.1, -0.05) is 0 Å². The van der Waals surface area contributed by atoms with Crippen LogP contribution < -0.4 is 5.73 Å². The highest BCUT2D eigenvalue weighted by atomic mass is 35.5. The Morgan fingerprint density at radius 1 is 1.25 bits per heavy atom. The molecule has 0 aliphatic rings. The number of carbonyl (C=O) groups excluding carboxylic acids is 2. The lowest BCUT2D eigenvalue weighted by Crippen LogP contribution is -2.53. The Hall–Kier alpha value is -0.950. The van der Waals surface area contributed by atoms with Crippen LogP contribution >= 0.6 is 12.4 Å². The van der Waals surface area contributed by atoms with Gasteiger partial charge in [-0.25, -0.2) is 4.79 Å². The van der Waals surface area contributed by atoms with Crippen LogP contribution in [0.5, 0.6) is 0 Å². The van der Waals surface area contributed by atoms with Crippen molar-refractivity contribution in [2.24, 2.45) is 5.73 Å². The molecule has 8 heteroatoms. The molecule has 1 unspecified atom stereocenters. The van der Waals surface area contributed by atoms with E-state index in [9.17, 15) is 18.4 Å². The summed E-state index contributed by atoms with van der Waals surface area (Å²) in [5.74, 6) is -7.23. The first-order valence-electron chi connectivity index (χ1n) is 4.35. The maximum Gasteiger partial charge on any atom is 0.379 e. The summed E-state index contributed by atoms with van der Waals surface area (Å²) in [4.78, 5) is 21.6. The monoisotopic (exact) mass is 261 g/mol. The van der Waals surface area contributed by atoms with E-state index in [4.69, 9.17) is 5.73 Å². The number of rotatable bonds is 5. The molecule has 1 atom stereocenters. The summed E-state index contributed by atoms with van der Waals surface area (Å²) >= 11 is 0. The topological polar surface area (TPSA) is 78.6 Å². The number of halogens is 3. The SMILES string of the molecule is CCOC(=O)C(N)C(F)(F)C(=O)OCC.Cl. The summed E-state index contributed by atoms with van der Waals surface area (Å²) in [6.45, 7) is 2.49. The number of esters is 2. The van der Waals surface area contributed by atoms with Gasteiger partial charge in [-0.15, -0.1) is 12.4 Å². The third-order valence-corrected chi connectivity index (χ3v) is 1.48. The number of alkyl halides is 2. The first-order valence-corrected chi connectivity index (χ1v) is 4.35. The summed E-state index contributed by atoms with van der Waals surface area (Å²) in [6, 6.07) is -2.34. The lowest BCUT2D eigenvalue weighted by molar-refractivity contribution is -0.181. The zero-order valence-corrected chi connectivity index (χ0v) is 9.68. The van der Waals surface area contributed by atoms with Gasteiger partial charge in [0.25, 0.3) is 0 Å². The molecule has 0 saturated carbocycles. The molecule has 0 saturated heterocycles. The van der Waals surface area contributed by atoms with Crippen molar-refractivity contribution in [2.75, 3.05) is 13.2 Å². The molecule has 2 N–H and O–H groups in total. The molecule has 0 rings (SSSR count). The number of ether oxygens (including phenoxy) is 2. The Kier molecular flexibility index (Phi) is 8.01. The molecule has 0 aliphatic carbocycles. The highest BCUT2D eigenvalue weighted by Crippen LogP contribution is 2.20. The van der Waals surface area contributed by atoms with Gasteiger partial charge in [0.05, 0.1) is 13.2 Å². The highest BCUT2D eigenvalue weighted by molar-refractivity contribution is 5.88. The molecular formula is C8H14ClF2NO4. The zero-order chi connectivity index (χ0) is 12.1. The fourth-order valence-corrected chi connectivity index (χ4v) is 0.734. The van der Waals surface area contributed by atoms with Gasteiger partial charge in [0.2, 0.25) is 0 Å². The second-order valence-electron chi connectivity index (χ2n) is 2.57. The van der Waals surface area contributed by atoms with Crippen LogP contribution in [0.15, 0.2) is 0 Å². The van der Waals surface area contributed by atoms with E-state index >= 15 is 0 Å². The Labute approximate surface area is 97.7 Å². The van der Waals surface area contributed by atoms with Crippen molar-refractivity contribution in [3.63, 3.8) is 0 Å². The predicted octanol–water partition coefficient (Wildman–Crippen LogP) is 0.497. The van der Waals surface area contributed by atoms with Crippen LogP contribution in [-0.2, 0) is 19.1 Å². The number of hydrogen-bond acceptors (Lipinski definition) is 5. The van der Waals surface area contributed by atoms with Crippen molar-refractivity contribution in [3.05, 3.63) is 0 Å². The zero-order valence-electron chi connectivity index (χ0n) is 8.87. The first kappa shape index (κ1) is 17.4. The van der Waals surface area contributed by atoms with Gasteiger partial charge in [0, 0.05) is 0 Å². The molecule has 0 bridgehead atoms. The standard InChI is InChI=1S/C8H13F2NO4.ClH/c1-3-14-6(12)5(11)8(9,10)7(13)15-4-2;/h5H,3-4,11H2,1-2H3;1H. The van der Waals surface area contributed by atoms with Gasteiger partial charge in [0.15, 0.2) is 6.04 Å². The van der Waals surface area contributed by atoms with Crippen molar-refractivity contribution >= 4 is 24.3 Å². The van der Waals surface area contributed by atoms with Crippen LogP contribution in [0.2, 0.25) is 0 Å². The van der Waals surface area contributed by atoms with Crippen molar-refractivity contribution in [2.45, 2.75) is 25.8 Å². The summed E-state index contributed by atoms with van der Waals surface area (Å²) in [5.41, 5.74) is 4.89. The van der Waals surface area contributed by atoms with E-state index in [0.29, 0.717) is 0 Å². The van der Waals surface area contributed by atoms with E-state index in [1.165, 1.54) is 13.8 Å². The maximum absolute atomic E-state index is 13.1. The van der Waals surface area contributed by atoms with Crippen LogP contribution in [0.3, 0.4) is 0 Å². The predicted molar refractivity (Wildman–Crippen MR) is 53.4 cm³/mol. The van der Waals surface area contributed by atoms with Gasteiger partial charge >= 0.3 is 17.9 Å².